The van der Waals surface area contributed by atoms with E-state index in [0.29, 0.717) is 13.0 Å². The average Bonchev–Trinajstić information content (AvgIpc) is 3.02. The maximum absolute atomic E-state index is 12.6. The van der Waals surface area contributed by atoms with Gasteiger partial charge in [-0.3, -0.25) is 10.1 Å². The van der Waals surface area contributed by atoms with Crippen LogP contribution >= 0.6 is 11.3 Å². The molecule has 8 nitrogen and oxygen atoms in total. The molecule has 0 amide bonds. The van der Waals surface area contributed by atoms with Crippen molar-refractivity contribution in [2.45, 2.75) is 23.6 Å². The summed E-state index contributed by atoms with van der Waals surface area (Å²) >= 11 is 0.831. The lowest BCUT2D eigenvalue weighted by atomic mass is 10.0. The van der Waals surface area contributed by atoms with E-state index in [1.54, 1.807) is 0 Å². The minimum Gasteiger partial charge on any atom is -0.395 e. The van der Waals surface area contributed by atoms with E-state index >= 15 is 0 Å². The number of rotatable bonds is 5. The summed E-state index contributed by atoms with van der Waals surface area (Å²) in [5.41, 5.74) is -0.256. The van der Waals surface area contributed by atoms with Crippen molar-refractivity contribution in [3.8, 4) is 0 Å². The number of aliphatic hydroxyl groups is 1. The van der Waals surface area contributed by atoms with Gasteiger partial charge in [0.1, 0.15) is 4.21 Å². The third kappa shape index (κ3) is 2.76. The van der Waals surface area contributed by atoms with Gasteiger partial charge in [-0.2, -0.15) is 4.31 Å². The topological polar surface area (TPSA) is 113 Å². The summed E-state index contributed by atoms with van der Waals surface area (Å²) in [6.45, 7) is 1.94. The Bertz CT molecular complexity index is 642. The zero-order valence-corrected chi connectivity index (χ0v) is 13.3. The lowest BCUT2D eigenvalue weighted by molar-refractivity contribution is -0.383. The Kier molecular flexibility index (Phi) is 4.51. The standard InChI is InChI=1S/C11H17N3O5S2/c1-7-3-4-13(9(7)6-15)21(18,19)10-5-8(14(16)17)11(12-2)20-10/h5,7,9,12,15H,3-4,6H2,1-2H3. The van der Waals surface area contributed by atoms with Crippen molar-refractivity contribution in [2.75, 3.05) is 25.5 Å². The monoisotopic (exact) mass is 335 g/mol. The highest BCUT2D eigenvalue weighted by Crippen LogP contribution is 2.40. The Morgan fingerprint density at radius 3 is 2.76 bits per heavy atom. The van der Waals surface area contributed by atoms with Crippen LogP contribution in [-0.4, -0.2) is 49.0 Å². The first-order valence-electron chi connectivity index (χ1n) is 6.41. The van der Waals surface area contributed by atoms with Crippen molar-refractivity contribution >= 4 is 32.0 Å². The van der Waals surface area contributed by atoms with Gasteiger partial charge in [-0.1, -0.05) is 18.3 Å². The van der Waals surface area contributed by atoms with Crippen molar-refractivity contribution in [3.63, 3.8) is 0 Å². The van der Waals surface area contributed by atoms with Gasteiger partial charge in [0.15, 0.2) is 5.00 Å². The van der Waals surface area contributed by atoms with Gasteiger partial charge in [0.05, 0.1) is 17.6 Å². The van der Waals surface area contributed by atoms with Crippen molar-refractivity contribution in [3.05, 3.63) is 16.2 Å². The minimum atomic E-state index is -3.83. The quantitative estimate of drug-likeness (QED) is 0.615. The number of nitro groups is 1. The Morgan fingerprint density at radius 2 is 2.29 bits per heavy atom. The fraction of sp³-hybridized carbons (Fsp3) is 0.636. The van der Waals surface area contributed by atoms with Gasteiger partial charge in [0.2, 0.25) is 0 Å². The lowest BCUT2D eigenvalue weighted by Gasteiger charge is -2.23. The molecular weight excluding hydrogens is 318 g/mol. The third-order valence-electron chi connectivity index (χ3n) is 3.70. The number of nitrogens with zero attached hydrogens (tertiary/aromatic N) is 2. The van der Waals surface area contributed by atoms with Crippen molar-refractivity contribution in [1.82, 2.24) is 4.31 Å². The predicted molar refractivity (Wildman–Crippen MR) is 79.1 cm³/mol. The highest BCUT2D eigenvalue weighted by atomic mass is 32.2. The first-order valence-corrected chi connectivity index (χ1v) is 8.67. The molecule has 0 saturated carbocycles. The first-order chi connectivity index (χ1) is 9.82. The molecule has 0 aromatic carbocycles. The molecule has 1 aliphatic rings. The summed E-state index contributed by atoms with van der Waals surface area (Å²) in [7, 11) is -2.33. The summed E-state index contributed by atoms with van der Waals surface area (Å²) in [6, 6.07) is 0.595. The average molecular weight is 335 g/mol. The number of aliphatic hydroxyl groups excluding tert-OH is 1. The van der Waals surface area contributed by atoms with Gasteiger partial charge in [0, 0.05) is 19.7 Å². The molecule has 2 atom stereocenters. The van der Waals surface area contributed by atoms with E-state index < -0.39 is 21.0 Å². The van der Waals surface area contributed by atoms with Gasteiger partial charge in [-0.25, -0.2) is 8.42 Å². The van der Waals surface area contributed by atoms with Crippen molar-refractivity contribution < 1.29 is 18.4 Å². The number of hydrogen-bond donors (Lipinski definition) is 2. The third-order valence-corrected chi connectivity index (χ3v) is 7.21. The van der Waals surface area contributed by atoms with Gasteiger partial charge in [-0.15, -0.1) is 0 Å². The lowest BCUT2D eigenvalue weighted by Crippen LogP contribution is -2.39. The Balaban J connectivity index is 2.43. The van der Waals surface area contributed by atoms with E-state index in [4.69, 9.17) is 0 Å². The van der Waals surface area contributed by atoms with E-state index in [2.05, 4.69) is 5.32 Å². The van der Waals surface area contributed by atoms with Crippen LogP contribution in [0.2, 0.25) is 0 Å². The van der Waals surface area contributed by atoms with Crippen molar-refractivity contribution in [1.29, 1.82) is 0 Å². The number of sulfonamides is 1. The molecule has 0 aliphatic carbocycles. The van der Waals surface area contributed by atoms with E-state index in [1.165, 1.54) is 11.4 Å². The molecule has 1 aromatic heterocycles. The Morgan fingerprint density at radius 1 is 1.62 bits per heavy atom. The van der Waals surface area contributed by atoms with E-state index in [0.717, 1.165) is 17.4 Å². The first kappa shape index (κ1) is 16.1. The molecule has 21 heavy (non-hydrogen) atoms. The molecule has 10 heteroatoms. The van der Waals surface area contributed by atoms with Crippen LogP contribution in [0.4, 0.5) is 10.7 Å². The van der Waals surface area contributed by atoms with Crippen LogP contribution in [0.3, 0.4) is 0 Å². The Hall–Kier alpha value is -1.23. The zero-order valence-electron chi connectivity index (χ0n) is 11.6. The molecule has 0 spiro atoms. The second-order valence-corrected chi connectivity index (χ2v) is 8.09. The maximum Gasteiger partial charge on any atom is 0.304 e. The van der Waals surface area contributed by atoms with Crippen LogP contribution in [0.15, 0.2) is 10.3 Å². The van der Waals surface area contributed by atoms with Gasteiger partial charge >= 0.3 is 5.69 Å². The molecule has 0 bridgehead atoms. The molecule has 2 N–H and O–H groups in total. The Labute approximate surface area is 126 Å². The fourth-order valence-corrected chi connectivity index (χ4v) is 5.60. The van der Waals surface area contributed by atoms with Gasteiger partial charge in [-0.05, 0) is 12.3 Å². The zero-order chi connectivity index (χ0) is 15.8. The smallest absolute Gasteiger partial charge is 0.304 e. The minimum absolute atomic E-state index is 0.0588. The van der Waals surface area contributed by atoms with Crippen LogP contribution in [-0.2, 0) is 10.0 Å². The summed E-state index contributed by atoms with van der Waals surface area (Å²) in [4.78, 5) is 10.3. The van der Waals surface area contributed by atoms with E-state index in [9.17, 15) is 23.6 Å². The van der Waals surface area contributed by atoms with Crippen LogP contribution < -0.4 is 5.32 Å². The highest BCUT2D eigenvalue weighted by Gasteiger charge is 2.41. The maximum atomic E-state index is 12.6. The second kappa shape index (κ2) is 5.87. The number of anilines is 1. The molecule has 1 fully saturated rings. The molecule has 0 radical (unpaired) electrons. The molecule has 1 aromatic rings. The fourth-order valence-electron chi connectivity index (χ4n) is 2.46. The van der Waals surface area contributed by atoms with Gasteiger partial charge in [0.25, 0.3) is 10.0 Å². The number of nitrogens with one attached hydrogen (secondary N) is 1. The number of thiophene rings is 1. The molecule has 1 saturated heterocycles. The molecule has 1 aliphatic heterocycles. The summed E-state index contributed by atoms with van der Waals surface area (Å²) < 4.78 is 26.4. The molecule has 118 valence electrons. The molecule has 2 rings (SSSR count). The predicted octanol–water partition coefficient (Wildman–Crippen LogP) is 1.09. The molecule has 2 heterocycles. The second-order valence-electron chi connectivity index (χ2n) is 4.92. The summed E-state index contributed by atoms with van der Waals surface area (Å²) in [6.07, 6.45) is 0.664. The summed E-state index contributed by atoms with van der Waals surface area (Å²) in [5.74, 6) is 0.0588. The van der Waals surface area contributed by atoms with Crippen molar-refractivity contribution in [2.24, 2.45) is 5.92 Å². The largest absolute Gasteiger partial charge is 0.395 e. The van der Waals surface area contributed by atoms with E-state index in [1.807, 2.05) is 6.92 Å². The molecule has 2 unspecified atom stereocenters. The SMILES string of the molecule is CNc1sc(S(=O)(=O)N2CCC(C)C2CO)cc1[N+](=O)[O-]. The van der Waals surface area contributed by atoms with E-state index in [-0.39, 0.29) is 27.4 Å². The summed E-state index contributed by atoms with van der Waals surface area (Å²) in [5, 5.41) is 23.2. The van der Waals surface area contributed by atoms with Crippen LogP contribution in [0, 0.1) is 16.0 Å². The number of hydrogen-bond acceptors (Lipinski definition) is 7. The van der Waals surface area contributed by atoms with Crippen LogP contribution in [0.25, 0.3) is 0 Å². The normalized spacial score (nSPS) is 23.4. The highest BCUT2D eigenvalue weighted by molar-refractivity contribution is 7.91. The van der Waals surface area contributed by atoms with Gasteiger partial charge < -0.3 is 10.4 Å². The molecular formula is C11H17N3O5S2. The van der Waals surface area contributed by atoms with Crippen LogP contribution in [0.5, 0.6) is 0 Å². The van der Waals surface area contributed by atoms with Crippen LogP contribution in [0.1, 0.15) is 13.3 Å².